The lowest BCUT2D eigenvalue weighted by molar-refractivity contribution is -0.137. The average Bonchev–Trinajstić information content (AvgIpc) is 2.44. The van der Waals surface area contributed by atoms with E-state index < -0.39 is 5.97 Å². The van der Waals surface area contributed by atoms with E-state index in [0.29, 0.717) is 0 Å². The van der Waals surface area contributed by atoms with Gasteiger partial charge in [0.25, 0.3) is 0 Å². The van der Waals surface area contributed by atoms with Gasteiger partial charge in [-0.15, -0.1) is 0 Å². The summed E-state index contributed by atoms with van der Waals surface area (Å²) in [5, 5.41) is 12.9. The molecule has 0 aromatic carbocycles. The van der Waals surface area contributed by atoms with Gasteiger partial charge >= 0.3 is 5.97 Å². The molecule has 0 spiro atoms. The number of aromatic nitrogens is 2. The molecule has 0 saturated carbocycles. The van der Waals surface area contributed by atoms with Gasteiger partial charge in [0.1, 0.15) is 0 Å². The van der Waals surface area contributed by atoms with Gasteiger partial charge in [0.05, 0.1) is 12.6 Å². The molecule has 5 nitrogen and oxygen atoms in total. The van der Waals surface area contributed by atoms with Crippen molar-refractivity contribution in [3.63, 3.8) is 0 Å². The van der Waals surface area contributed by atoms with Crippen LogP contribution in [0.15, 0.2) is 6.20 Å². The number of carboxylic acids is 1. The first-order valence-electron chi connectivity index (χ1n) is 4.89. The molecule has 2 atom stereocenters. The van der Waals surface area contributed by atoms with E-state index in [1.165, 1.54) is 0 Å². The molecule has 15 heavy (non-hydrogen) atoms. The fourth-order valence-electron chi connectivity index (χ4n) is 1.65. The van der Waals surface area contributed by atoms with Crippen LogP contribution in [0.25, 0.3) is 0 Å². The van der Waals surface area contributed by atoms with Crippen LogP contribution in [0.5, 0.6) is 0 Å². The lowest BCUT2D eigenvalue weighted by atomic mass is 9.90. The first kappa shape index (κ1) is 11.7. The molecule has 5 heteroatoms. The maximum absolute atomic E-state index is 10.7. The first-order valence-corrected chi connectivity index (χ1v) is 4.89. The van der Waals surface area contributed by atoms with Crippen molar-refractivity contribution < 1.29 is 9.90 Å². The van der Waals surface area contributed by atoms with Gasteiger partial charge < -0.3 is 10.8 Å². The highest BCUT2D eigenvalue weighted by Crippen LogP contribution is 2.25. The van der Waals surface area contributed by atoms with Crippen molar-refractivity contribution in [2.24, 2.45) is 12.8 Å². The standard InChI is InChI=1S/C10H17N3O2/c1-6(11)8(4-10(14)15)9-5-12-13(3)7(9)2/h5-6,8H,4,11H2,1-3H3,(H,14,15). The third kappa shape index (κ3) is 2.56. The van der Waals surface area contributed by atoms with Crippen LogP contribution in [0.2, 0.25) is 0 Å². The number of carboxylic acid groups (broad SMARTS) is 1. The smallest absolute Gasteiger partial charge is 0.304 e. The molecule has 84 valence electrons. The van der Waals surface area contributed by atoms with Crippen molar-refractivity contribution in [2.75, 3.05) is 0 Å². The Labute approximate surface area is 88.9 Å². The predicted molar refractivity (Wildman–Crippen MR) is 56.6 cm³/mol. The van der Waals surface area contributed by atoms with E-state index in [0.717, 1.165) is 11.3 Å². The van der Waals surface area contributed by atoms with Gasteiger partial charge in [0.15, 0.2) is 0 Å². The summed E-state index contributed by atoms with van der Waals surface area (Å²) < 4.78 is 1.73. The van der Waals surface area contributed by atoms with Gasteiger partial charge in [0, 0.05) is 24.7 Å². The van der Waals surface area contributed by atoms with Crippen molar-refractivity contribution in [3.8, 4) is 0 Å². The van der Waals surface area contributed by atoms with Crippen LogP contribution in [0.3, 0.4) is 0 Å². The quantitative estimate of drug-likeness (QED) is 0.765. The fourth-order valence-corrected chi connectivity index (χ4v) is 1.65. The Balaban J connectivity index is 2.99. The van der Waals surface area contributed by atoms with E-state index in [2.05, 4.69) is 5.10 Å². The lowest BCUT2D eigenvalue weighted by Crippen LogP contribution is -2.27. The molecule has 0 fully saturated rings. The Morgan fingerprint density at radius 3 is 2.67 bits per heavy atom. The van der Waals surface area contributed by atoms with Crippen LogP contribution < -0.4 is 5.73 Å². The number of rotatable bonds is 4. The highest BCUT2D eigenvalue weighted by atomic mass is 16.4. The summed E-state index contributed by atoms with van der Waals surface area (Å²) in [5.74, 6) is -1.00. The maximum Gasteiger partial charge on any atom is 0.304 e. The van der Waals surface area contributed by atoms with E-state index in [-0.39, 0.29) is 18.4 Å². The van der Waals surface area contributed by atoms with Crippen molar-refractivity contribution in [2.45, 2.75) is 32.2 Å². The molecule has 0 aliphatic rings. The predicted octanol–water partition coefficient (Wildman–Crippen LogP) is 0.634. The molecule has 3 N–H and O–H groups in total. The Bertz CT molecular complexity index is 358. The molecule has 0 amide bonds. The molecule has 1 aromatic rings. The summed E-state index contributed by atoms with van der Waals surface area (Å²) in [4.78, 5) is 10.7. The number of carbonyl (C=O) groups is 1. The van der Waals surface area contributed by atoms with E-state index in [4.69, 9.17) is 10.8 Å². The SMILES string of the molecule is Cc1c(C(CC(=O)O)C(C)N)cnn1C. The fraction of sp³-hybridized carbons (Fsp3) is 0.600. The van der Waals surface area contributed by atoms with Gasteiger partial charge in [-0.2, -0.15) is 5.10 Å². The molecule has 0 aliphatic carbocycles. The number of nitrogens with two attached hydrogens (primary N) is 1. The molecule has 1 rings (SSSR count). The zero-order valence-electron chi connectivity index (χ0n) is 9.27. The molecule has 0 radical (unpaired) electrons. The molecule has 0 saturated heterocycles. The second-order valence-corrected chi connectivity index (χ2v) is 3.87. The van der Waals surface area contributed by atoms with Crippen molar-refractivity contribution in [1.29, 1.82) is 0 Å². The van der Waals surface area contributed by atoms with Crippen LogP contribution >= 0.6 is 0 Å². The number of nitrogens with zero attached hydrogens (tertiary/aromatic N) is 2. The monoisotopic (exact) mass is 211 g/mol. The number of hydrogen-bond donors (Lipinski definition) is 2. The number of aliphatic carboxylic acids is 1. The zero-order valence-corrected chi connectivity index (χ0v) is 9.27. The Morgan fingerprint density at radius 1 is 1.73 bits per heavy atom. The highest BCUT2D eigenvalue weighted by molar-refractivity contribution is 5.68. The summed E-state index contributed by atoms with van der Waals surface area (Å²) in [6.07, 6.45) is 1.75. The van der Waals surface area contributed by atoms with Crippen molar-refractivity contribution in [3.05, 3.63) is 17.5 Å². The van der Waals surface area contributed by atoms with E-state index in [1.807, 2.05) is 20.9 Å². The van der Waals surface area contributed by atoms with E-state index >= 15 is 0 Å². The van der Waals surface area contributed by atoms with Crippen LogP contribution in [0.1, 0.15) is 30.5 Å². The summed E-state index contributed by atoms with van der Waals surface area (Å²) in [7, 11) is 1.83. The normalized spacial score (nSPS) is 14.9. The second kappa shape index (κ2) is 4.44. The van der Waals surface area contributed by atoms with Crippen molar-refractivity contribution in [1.82, 2.24) is 9.78 Å². The molecular formula is C10H17N3O2. The van der Waals surface area contributed by atoms with Gasteiger partial charge in [-0.3, -0.25) is 9.48 Å². The lowest BCUT2D eigenvalue weighted by Gasteiger charge is -2.18. The number of hydrogen-bond acceptors (Lipinski definition) is 3. The topological polar surface area (TPSA) is 81.1 Å². The molecule has 0 bridgehead atoms. The molecule has 2 unspecified atom stereocenters. The summed E-state index contributed by atoms with van der Waals surface area (Å²) in [6.45, 7) is 3.74. The molecular weight excluding hydrogens is 194 g/mol. The maximum atomic E-state index is 10.7. The molecule has 1 aromatic heterocycles. The van der Waals surface area contributed by atoms with Crippen LogP contribution in [-0.2, 0) is 11.8 Å². The third-order valence-electron chi connectivity index (χ3n) is 2.70. The minimum Gasteiger partial charge on any atom is -0.481 e. The summed E-state index contributed by atoms with van der Waals surface area (Å²) in [6, 6.07) is -0.191. The zero-order chi connectivity index (χ0) is 11.6. The van der Waals surface area contributed by atoms with Gasteiger partial charge in [-0.05, 0) is 19.4 Å². The van der Waals surface area contributed by atoms with E-state index in [9.17, 15) is 4.79 Å². The Kier molecular flexibility index (Phi) is 3.47. The largest absolute Gasteiger partial charge is 0.481 e. The average molecular weight is 211 g/mol. The Morgan fingerprint density at radius 2 is 2.33 bits per heavy atom. The van der Waals surface area contributed by atoms with E-state index in [1.54, 1.807) is 10.9 Å². The summed E-state index contributed by atoms with van der Waals surface area (Å²) >= 11 is 0. The number of aryl methyl sites for hydroxylation is 1. The van der Waals surface area contributed by atoms with Crippen LogP contribution in [-0.4, -0.2) is 26.9 Å². The second-order valence-electron chi connectivity index (χ2n) is 3.87. The molecule has 0 aliphatic heterocycles. The highest BCUT2D eigenvalue weighted by Gasteiger charge is 2.23. The minimum absolute atomic E-state index is 0.0458. The Hall–Kier alpha value is -1.36. The van der Waals surface area contributed by atoms with Crippen LogP contribution in [0, 0.1) is 6.92 Å². The first-order chi connectivity index (χ1) is 6.93. The summed E-state index contributed by atoms with van der Waals surface area (Å²) in [5.41, 5.74) is 7.69. The molecule has 1 heterocycles. The van der Waals surface area contributed by atoms with Gasteiger partial charge in [-0.25, -0.2) is 0 Å². The van der Waals surface area contributed by atoms with Gasteiger partial charge in [-0.1, -0.05) is 0 Å². The van der Waals surface area contributed by atoms with Gasteiger partial charge in [0.2, 0.25) is 0 Å². The minimum atomic E-state index is -0.833. The van der Waals surface area contributed by atoms with Crippen molar-refractivity contribution >= 4 is 5.97 Å². The third-order valence-corrected chi connectivity index (χ3v) is 2.70. The van der Waals surface area contributed by atoms with Crippen LogP contribution in [0.4, 0.5) is 0 Å².